The molecule has 112 valence electrons. The summed E-state index contributed by atoms with van der Waals surface area (Å²) < 4.78 is 5.08. The Hall–Kier alpha value is -1.14. The third-order valence-corrected chi connectivity index (χ3v) is 2.84. The van der Waals surface area contributed by atoms with Crippen LogP contribution in [0.3, 0.4) is 0 Å². The summed E-state index contributed by atoms with van der Waals surface area (Å²) in [6, 6.07) is -0.220. The molecule has 0 radical (unpaired) electrons. The molecule has 0 saturated carbocycles. The molecule has 0 spiro atoms. The number of hydrogen-bond donors (Lipinski definition) is 3. The molecule has 0 bridgehead atoms. The summed E-state index contributed by atoms with van der Waals surface area (Å²) in [5.74, 6) is -0.350. The van der Waals surface area contributed by atoms with Gasteiger partial charge < -0.3 is 20.9 Å². The van der Waals surface area contributed by atoms with E-state index in [9.17, 15) is 14.7 Å². The Morgan fingerprint density at radius 1 is 1.42 bits per heavy atom. The fourth-order valence-electron chi connectivity index (χ4n) is 2.04. The first kappa shape index (κ1) is 17.9. The van der Waals surface area contributed by atoms with Crippen LogP contribution in [0.5, 0.6) is 0 Å². The number of esters is 1. The molecular weight excluding hydrogens is 248 g/mol. The molecule has 0 aromatic rings. The molecule has 0 fully saturated rings. The van der Waals surface area contributed by atoms with Crippen LogP contribution in [-0.2, 0) is 14.3 Å². The van der Waals surface area contributed by atoms with Crippen LogP contribution in [0, 0.1) is 0 Å². The maximum Gasteiger partial charge on any atom is 0.302 e. The number of carbonyl (C=O) groups excluding carboxylic acids is 2. The molecule has 0 aliphatic rings. The molecule has 0 saturated heterocycles. The molecule has 4 atom stereocenters. The Labute approximate surface area is 114 Å². The zero-order valence-corrected chi connectivity index (χ0v) is 12.0. The van der Waals surface area contributed by atoms with Crippen molar-refractivity contribution in [2.75, 3.05) is 0 Å². The summed E-state index contributed by atoms with van der Waals surface area (Å²) in [4.78, 5) is 21.4. The molecule has 1 amide bonds. The van der Waals surface area contributed by atoms with Gasteiger partial charge in [0.2, 0.25) is 6.41 Å². The Balaban J connectivity index is 4.25. The van der Waals surface area contributed by atoms with Crippen molar-refractivity contribution in [2.45, 2.75) is 70.7 Å². The number of aliphatic hydroxyl groups excluding tert-OH is 1. The number of rotatable bonds is 10. The summed E-state index contributed by atoms with van der Waals surface area (Å²) in [5, 5.41) is 12.6. The lowest BCUT2D eigenvalue weighted by Gasteiger charge is -2.24. The number of hydrogen-bond acceptors (Lipinski definition) is 5. The minimum absolute atomic E-state index is 0.0555. The lowest BCUT2D eigenvalue weighted by Crippen LogP contribution is -2.37. The SMILES string of the molecule is CCC(CC(O)CC(CC(C)N)NC=O)OC(C)=O. The van der Waals surface area contributed by atoms with Crippen LogP contribution in [-0.4, -0.2) is 41.8 Å². The minimum Gasteiger partial charge on any atom is -0.462 e. The van der Waals surface area contributed by atoms with Crippen molar-refractivity contribution in [2.24, 2.45) is 5.73 Å². The molecule has 4 N–H and O–H groups in total. The predicted octanol–water partition coefficient (Wildman–Crippen LogP) is 0.321. The molecular formula is C13H26N2O4. The normalized spacial score (nSPS) is 17.1. The molecule has 6 nitrogen and oxygen atoms in total. The number of carbonyl (C=O) groups is 2. The van der Waals surface area contributed by atoms with E-state index in [1.54, 1.807) is 0 Å². The number of nitrogens with one attached hydrogen (secondary N) is 1. The quantitative estimate of drug-likeness (QED) is 0.393. The van der Waals surface area contributed by atoms with Crippen LogP contribution in [0.1, 0.15) is 46.5 Å². The number of amides is 1. The molecule has 0 aliphatic carbocycles. The summed E-state index contributed by atoms with van der Waals surface area (Å²) in [7, 11) is 0. The van der Waals surface area contributed by atoms with Gasteiger partial charge in [-0.25, -0.2) is 0 Å². The van der Waals surface area contributed by atoms with Crippen molar-refractivity contribution >= 4 is 12.4 Å². The fourth-order valence-corrected chi connectivity index (χ4v) is 2.04. The Morgan fingerprint density at radius 3 is 2.47 bits per heavy atom. The first-order valence-electron chi connectivity index (χ1n) is 6.69. The van der Waals surface area contributed by atoms with Gasteiger partial charge in [0.15, 0.2) is 0 Å². The largest absolute Gasteiger partial charge is 0.462 e. The van der Waals surface area contributed by atoms with E-state index in [4.69, 9.17) is 10.5 Å². The van der Waals surface area contributed by atoms with Crippen molar-refractivity contribution < 1.29 is 19.4 Å². The zero-order valence-electron chi connectivity index (χ0n) is 12.0. The summed E-state index contributed by atoms with van der Waals surface area (Å²) in [5.41, 5.74) is 5.69. The third-order valence-electron chi connectivity index (χ3n) is 2.84. The van der Waals surface area contributed by atoms with E-state index in [1.165, 1.54) is 6.92 Å². The maximum absolute atomic E-state index is 10.9. The van der Waals surface area contributed by atoms with Crippen LogP contribution in [0.4, 0.5) is 0 Å². The Kier molecular flexibility index (Phi) is 9.16. The minimum atomic E-state index is -0.638. The highest BCUT2D eigenvalue weighted by atomic mass is 16.5. The smallest absolute Gasteiger partial charge is 0.302 e. The van der Waals surface area contributed by atoms with E-state index in [0.717, 1.165) is 0 Å². The topological polar surface area (TPSA) is 102 Å². The van der Waals surface area contributed by atoms with Crippen molar-refractivity contribution in [1.29, 1.82) is 0 Å². The molecule has 4 unspecified atom stereocenters. The molecule has 0 heterocycles. The second kappa shape index (κ2) is 9.75. The van der Waals surface area contributed by atoms with Gasteiger partial charge in [-0.3, -0.25) is 9.59 Å². The van der Waals surface area contributed by atoms with E-state index in [-0.39, 0.29) is 24.2 Å². The number of nitrogens with two attached hydrogens (primary N) is 1. The van der Waals surface area contributed by atoms with E-state index >= 15 is 0 Å². The van der Waals surface area contributed by atoms with Crippen LogP contribution in [0.25, 0.3) is 0 Å². The van der Waals surface area contributed by atoms with Gasteiger partial charge in [-0.05, 0) is 26.2 Å². The van der Waals surface area contributed by atoms with Crippen LogP contribution in [0.15, 0.2) is 0 Å². The van der Waals surface area contributed by atoms with Crippen molar-refractivity contribution in [3.05, 3.63) is 0 Å². The fraction of sp³-hybridized carbons (Fsp3) is 0.846. The zero-order chi connectivity index (χ0) is 14.8. The average Bonchev–Trinajstić information content (AvgIpc) is 2.26. The Bertz CT molecular complexity index is 271. The monoisotopic (exact) mass is 274 g/mol. The highest BCUT2D eigenvalue weighted by Gasteiger charge is 2.20. The van der Waals surface area contributed by atoms with Gasteiger partial charge in [0.25, 0.3) is 0 Å². The third kappa shape index (κ3) is 9.44. The van der Waals surface area contributed by atoms with Crippen molar-refractivity contribution in [1.82, 2.24) is 5.32 Å². The van der Waals surface area contributed by atoms with Crippen molar-refractivity contribution in [3.8, 4) is 0 Å². The summed E-state index contributed by atoms with van der Waals surface area (Å²) >= 11 is 0. The van der Waals surface area contributed by atoms with Crippen LogP contribution >= 0.6 is 0 Å². The lowest BCUT2D eigenvalue weighted by atomic mass is 9.98. The maximum atomic E-state index is 10.9. The Morgan fingerprint density at radius 2 is 2.05 bits per heavy atom. The van der Waals surface area contributed by atoms with Gasteiger partial charge in [-0.2, -0.15) is 0 Å². The number of ether oxygens (including phenoxy) is 1. The van der Waals surface area contributed by atoms with Gasteiger partial charge in [0, 0.05) is 25.4 Å². The second-order valence-electron chi connectivity index (χ2n) is 4.96. The standard InChI is InChI=1S/C13H26N2O4/c1-4-13(19-10(3)17)7-12(18)6-11(15-8-16)5-9(2)14/h8-9,11-13,18H,4-7,14H2,1-3H3,(H,15,16). The van der Waals surface area contributed by atoms with Crippen LogP contribution in [0.2, 0.25) is 0 Å². The van der Waals surface area contributed by atoms with Crippen LogP contribution < -0.4 is 11.1 Å². The highest BCUT2D eigenvalue weighted by Crippen LogP contribution is 2.13. The van der Waals surface area contributed by atoms with Gasteiger partial charge in [0.05, 0.1) is 6.10 Å². The molecule has 0 rings (SSSR count). The van der Waals surface area contributed by atoms with E-state index < -0.39 is 6.10 Å². The molecule has 0 aromatic heterocycles. The highest BCUT2D eigenvalue weighted by molar-refractivity contribution is 5.66. The summed E-state index contributed by atoms with van der Waals surface area (Å²) in [6.45, 7) is 5.09. The number of aliphatic hydroxyl groups is 1. The molecule has 0 aromatic carbocycles. The van der Waals surface area contributed by atoms with Gasteiger partial charge in [-0.1, -0.05) is 6.92 Å². The van der Waals surface area contributed by atoms with Gasteiger partial charge in [0.1, 0.15) is 6.10 Å². The molecule has 6 heteroatoms. The summed E-state index contributed by atoms with van der Waals surface area (Å²) in [6.07, 6.45) is 1.70. The average molecular weight is 274 g/mol. The van der Waals surface area contributed by atoms with Gasteiger partial charge >= 0.3 is 5.97 Å². The second-order valence-corrected chi connectivity index (χ2v) is 4.96. The molecule has 0 aliphatic heterocycles. The van der Waals surface area contributed by atoms with Crippen molar-refractivity contribution in [3.63, 3.8) is 0 Å². The first-order valence-corrected chi connectivity index (χ1v) is 6.69. The van der Waals surface area contributed by atoms with E-state index in [2.05, 4.69) is 5.32 Å². The van der Waals surface area contributed by atoms with E-state index in [1.807, 2.05) is 13.8 Å². The van der Waals surface area contributed by atoms with Gasteiger partial charge in [-0.15, -0.1) is 0 Å². The van der Waals surface area contributed by atoms with E-state index in [0.29, 0.717) is 32.1 Å². The predicted molar refractivity (Wildman–Crippen MR) is 72.3 cm³/mol. The lowest BCUT2D eigenvalue weighted by molar-refractivity contribution is -0.147. The molecule has 19 heavy (non-hydrogen) atoms. The first-order chi connectivity index (χ1) is 8.88.